The molecule has 1 aliphatic rings. The minimum atomic E-state index is 0.199. The van der Waals surface area contributed by atoms with Crippen LogP contribution >= 0.6 is 0 Å². The van der Waals surface area contributed by atoms with Crippen LogP contribution < -0.4 is 5.32 Å². The van der Waals surface area contributed by atoms with Crippen LogP contribution in [0.3, 0.4) is 0 Å². The Labute approximate surface area is 110 Å². The lowest BCUT2D eigenvalue weighted by molar-refractivity contribution is 0.0634. The van der Waals surface area contributed by atoms with Crippen molar-refractivity contribution in [3.63, 3.8) is 0 Å². The molecule has 2 heterocycles. The van der Waals surface area contributed by atoms with Gasteiger partial charge in [-0.1, -0.05) is 0 Å². The van der Waals surface area contributed by atoms with Crippen LogP contribution in [0, 0.1) is 5.41 Å². The van der Waals surface area contributed by atoms with E-state index in [9.17, 15) is 0 Å². The van der Waals surface area contributed by atoms with E-state index < -0.39 is 0 Å². The lowest BCUT2D eigenvalue weighted by Crippen LogP contribution is -2.40. The number of aromatic nitrogens is 2. The quantitative estimate of drug-likeness (QED) is 0.870. The SMILES string of the molecule is CNCC1(Cc2ccn(C(C)C)n2)CCOC1C. The molecule has 0 amide bonds. The molecular formula is C14H25N3O. The van der Waals surface area contributed by atoms with Crippen LogP contribution in [0.2, 0.25) is 0 Å². The average Bonchev–Trinajstić information content (AvgIpc) is 2.89. The van der Waals surface area contributed by atoms with E-state index in [0.29, 0.717) is 12.1 Å². The van der Waals surface area contributed by atoms with Crippen molar-refractivity contribution >= 4 is 0 Å². The van der Waals surface area contributed by atoms with E-state index in [1.165, 1.54) is 5.69 Å². The molecule has 2 atom stereocenters. The Morgan fingerprint density at radius 2 is 2.39 bits per heavy atom. The van der Waals surface area contributed by atoms with Gasteiger partial charge in [0.1, 0.15) is 0 Å². The molecule has 0 aliphatic carbocycles. The summed E-state index contributed by atoms with van der Waals surface area (Å²) >= 11 is 0. The highest BCUT2D eigenvalue weighted by Crippen LogP contribution is 2.37. The lowest BCUT2D eigenvalue weighted by atomic mass is 9.77. The summed E-state index contributed by atoms with van der Waals surface area (Å²) in [6.45, 7) is 8.35. The summed E-state index contributed by atoms with van der Waals surface area (Å²) in [5.41, 5.74) is 1.38. The largest absolute Gasteiger partial charge is 0.378 e. The van der Waals surface area contributed by atoms with E-state index in [1.54, 1.807) is 0 Å². The fraction of sp³-hybridized carbons (Fsp3) is 0.786. The van der Waals surface area contributed by atoms with Gasteiger partial charge in [0.15, 0.2) is 0 Å². The standard InChI is InChI=1S/C14H25N3O/c1-11(2)17-7-5-13(16-17)9-14(10-15-4)6-8-18-12(14)3/h5,7,11-12,15H,6,8-10H2,1-4H3. The minimum Gasteiger partial charge on any atom is -0.378 e. The summed E-state index contributed by atoms with van der Waals surface area (Å²) in [7, 11) is 2.01. The van der Waals surface area contributed by atoms with Crippen LogP contribution in [0.5, 0.6) is 0 Å². The molecule has 102 valence electrons. The van der Waals surface area contributed by atoms with Gasteiger partial charge >= 0.3 is 0 Å². The molecule has 1 aromatic heterocycles. The Morgan fingerprint density at radius 1 is 1.61 bits per heavy atom. The Morgan fingerprint density at radius 3 is 2.89 bits per heavy atom. The van der Waals surface area contributed by atoms with Gasteiger partial charge < -0.3 is 10.1 Å². The Hall–Kier alpha value is -0.870. The monoisotopic (exact) mass is 251 g/mol. The van der Waals surface area contributed by atoms with Gasteiger partial charge in [0.25, 0.3) is 0 Å². The van der Waals surface area contributed by atoms with Crippen LogP contribution in [-0.4, -0.2) is 36.1 Å². The first-order valence-corrected chi connectivity index (χ1v) is 6.87. The predicted octanol–water partition coefficient (Wildman–Crippen LogP) is 2.02. The van der Waals surface area contributed by atoms with Crippen LogP contribution in [0.15, 0.2) is 12.3 Å². The molecule has 2 rings (SSSR count). The summed E-state index contributed by atoms with van der Waals surface area (Å²) in [5.74, 6) is 0. The Bertz CT molecular complexity index is 388. The Balaban J connectivity index is 2.13. The number of rotatable bonds is 5. The fourth-order valence-electron chi connectivity index (χ4n) is 2.82. The maximum Gasteiger partial charge on any atom is 0.0631 e. The van der Waals surface area contributed by atoms with Gasteiger partial charge in [0, 0.05) is 37.2 Å². The molecule has 0 bridgehead atoms. The molecule has 1 N–H and O–H groups in total. The van der Waals surface area contributed by atoms with Gasteiger partial charge in [-0.25, -0.2) is 0 Å². The molecule has 0 spiro atoms. The lowest BCUT2D eigenvalue weighted by Gasteiger charge is -2.31. The number of nitrogens with zero attached hydrogens (tertiary/aromatic N) is 2. The predicted molar refractivity (Wildman–Crippen MR) is 72.7 cm³/mol. The van der Waals surface area contributed by atoms with Crippen molar-refractivity contribution < 1.29 is 4.74 Å². The van der Waals surface area contributed by atoms with Crippen LogP contribution in [-0.2, 0) is 11.2 Å². The van der Waals surface area contributed by atoms with Gasteiger partial charge in [-0.3, -0.25) is 4.68 Å². The maximum absolute atomic E-state index is 5.77. The van der Waals surface area contributed by atoms with Crippen molar-refractivity contribution in [3.05, 3.63) is 18.0 Å². The summed E-state index contributed by atoms with van der Waals surface area (Å²) in [6.07, 6.45) is 4.49. The van der Waals surface area contributed by atoms with E-state index in [-0.39, 0.29) is 5.41 Å². The third kappa shape index (κ3) is 2.59. The zero-order valence-electron chi connectivity index (χ0n) is 11.9. The maximum atomic E-state index is 5.77. The molecular weight excluding hydrogens is 226 g/mol. The topological polar surface area (TPSA) is 39.1 Å². The molecule has 4 nitrogen and oxygen atoms in total. The van der Waals surface area contributed by atoms with E-state index in [4.69, 9.17) is 4.74 Å². The zero-order chi connectivity index (χ0) is 13.2. The molecule has 4 heteroatoms. The number of nitrogens with one attached hydrogen (secondary N) is 1. The van der Waals surface area contributed by atoms with E-state index in [2.05, 4.69) is 43.4 Å². The second kappa shape index (κ2) is 5.41. The highest BCUT2D eigenvalue weighted by atomic mass is 16.5. The third-order valence-corrected chi connectivity index (χ3v) is 4.08. The first-order valence-electron chi connectivity index (χ1n) is 6.87. The van der Waals surface area contributed by atoms with Crippen LogP contribution in [0.4, 0.5) is 0 Å². The van der Waals surface area contributed by atoms with Crippen molar-refractivity contribution in [2.45, 2.75) is 45.8 Å². The molecule has 1 aliphatic heterocycles. The van der Waals surface area contributed by atoms with Gasteiger partial charge in [-0.05, 0) is 40.3 Å². The normalized spacial score (nSPS) is 28.2. The minimum absolute atomic E-state index is 0.199. The molecule has 0 saturated carbocycles. The van der Waals surface area contributed by atoms with Gasteiger partial charge in [0.2, 0.25) is 0 Å². The second-order valence-corrected chi connectivity index (χ2v) is 5.71. The molecule has 1 saturated heterocycles. The summed E-state index contributed by atoms with van der Waals surface area (Å²) < 4.78 is 7.80. The van der Waals surface area contributed by atoms with E-state index in [1.807, 2.05) is 11.7 Å². The van der Waals surface area contributed by atoms with E-state index in [0.717, 1.165) is 26.0 Å². The first kappa shape index (κ1) is 13.6. The second-order valence-electron chi connectivity index (χ2n) is 5.71. The van der Waals surface area contributed by atoms with Crippen LogP contribution in [0.1, 0.15) is 38.9 Å². The third-order valence-electron chi connectivity index (χ3n) is 4.08. The average molecular weight is 251 g/mol. The number of ether oxygens (including phenoxy) is 1. The highest BCUT2D eigenvalue weighted by molar-refractivity contribution is 5.07. The van der Waals surface area contributed by atoms with E-state index >= 15 is 0 Å². The highest BCUT2D eigenvalue weighted by Gasteiger charge is 2.41. The molecule has 1 aromatic rings. The van der Waals surface area contributed by atoms with Gasteiger partial charge in [-0.2, -0.15) is 5.10 Å². The summed E-state index contributed by atoms with van der Waals surface area (Å²) in [6, 6.07) is 2.57. The summed E-state index contributed by atoms with van der Waals surface area (Å²) in [4.78, 5) is 0. The fourth-order valence-corrected chi connectivity index (χ4v) is 2.82. The molecule has 1 fully saturated rings. The smallest absolute Gasteiger partial charge is 0.0631 e. The van der Waals surface area contributed by atoms with Crippen molar-refractivity contribution in [1.82, 2.24) is 15.1 Å². The van der Waals surface area contributed by atoms with Crippen molar-refractivity contribution in [2.24, 2.45) is 5.41 Å². The molecule has 0 aromatic carbocycles. The van der Waals surface area contributed by atoms with Crippen molar-refractivity contribution in [1.29, 1.82) is 0 Å². The molecule has 18 heavy (non-hydrogen) atoms. The van der Waals surface area contributed by atoms with Crippen molar-refractivity contribution in [2.75, 3.05) is 20.2 Å². The number of hydrogen-bond donors (Lipinski definition) is 1. The summed E-state index contributed by atoms with van der Waals surface area (Å²) in [5, 5.41) is 7.98. The molecule has 0 radical (unpaired) electrons. The zero-order valence-corrected chi connectivity index (χ0v) is 11.9. The van der Waals surface area contributed by atoms with Gasteiger partial charge in [0.05, 0.1) is 11.8 Å². The molecule has 2 unspecified atom stereocenters. The van der Waals surface area contributed by atoms with Crippen molar-refractivity contribution in [3.8, 4) is 0 Å². The number of hydrogen-bond acceptors (Lipinski definition) is 3. The Kier molecular flexibility index (Phi) is 4.07. The van der Waals surface area contributed by atoms with Gasteiger partial charge in [-0.15, -0.1) is 0 Å². The first-order chi connectivity index (χ1) is 8.57. The van der Waals surface area contributed by atoms with Crippen LogP contribution in [0.25, 0.3) is 0 Å².